The second kappa shape index (κ2) is 11.4. The average Bonchev–Trinajstić information content (AvgIpc) is 3.64. The van der Waals surface area contributed by atoms with E-state index in [9.17, 15) is 9.59 Å². The summed E-state index contributed by atoms with van der Waals surface area (Å²) < 4.78 is 18.7. The number of carbonyl (C=O) groups excluding carboxylic acids is 2. The fourth-order valence-corrected chi connectivity index (χ4v) is 9.05. The number of piperidine rings is 1. The Kier molecular flexibility index (Phi) is 7.53. The summed E-state index contributed by atoms with van der Waals surface area (Å²) in [6, 6.07) is 14.5. The first kappa shape index (κ1) is 29.7. The highest BCUT2D eigenvalue weighted by molar-refractivity contribution is 9.10. The SMILES string of the molecule is CC(=O)Oc1ccc2c3c1O[C@H]1[C@@H](OC(C)=O)C=C[C@H]4[C@@H](C2)N(C)CC[C@@]341.N#Cc1cc(-c2ccc3c(c2Br)CCC3)ccn1. The Morgan fingerprint density at radius 2 is 1.93 bits per heavy atom. The molecule has 1 saturated heterocycles. The lowest BCUT2D eigenvalue weighted by Gasteiger charge is -2.56. The number of aryl methyl sites for hydroxylation is 1. The Hall–Kier alpha value is -4.00. The van der Waals surface area contributed by atoms with Gasteiger partial charge in [-0.3, -0.25) is 9.59 Å². The molecule has 1 fully saturated rings. The van der Waals surface area contributed by atoms with Crippen LogP contribution in [0, 0.1) is 17.2 Å². The van der Waals surface area contributed by atoms with Crippen LogP contribution in [0.3, 0.4) is 0 Å². The van der Waals surface area contributed by atoms with E-state index < -0.39 is 6.10 Å². The van der Waals surface area contributed by atoms with Gasteiger partial charge in [-0.25, -0.2) is 4.98 Å². The lowest BCUT2D eigenvalue weighted by molar-refractivity contribution is -0.152. The minimum atomic E-state index is -0.439. The number of nitriles is 1. The first-order chi connectivity index (χ1) is 21.7. The molecule has 8 nitrogen and oxygen atoms in total. The van der Waals surface area contributed by atoms with Crippen molar-refractivity contribution in [3.63, 3.8) is 0 Å². The topological polar surface area (TPSA) is 102 Å². The Labute approximate surface area is 271 Å². The van der Waals surface area contributed by atoms with Crippen LogP contribution in [0.5, 0.6) is 11.5 Å². The molecule has 2 aliphatic heterocycles. The van der Waals surface area contributed by atoms with Crippen molar-refractivity contribution in [3.05, 3.63) is 87.2 Å². The van der Waals surface area contributed by atoms with E-state index in [0.717, 1.165) is 42.5 Å². The van der Waals surface area contributed by atoms with Crippen molar-refractivity contribution in [1.82, 2.24) is 9.88 Å². The lowest BCUT2D eigenvalue weighted by atomic mass is 9.53. The number of hydrogen-bond donors (Lipinski definition) is 0. The number of nitrogens with zero attached hydrogens (tertiary/aromatic N) is 3. The summed E-state index contributed by atoms with van der Waals surface area (Å²) >= 11 is 3.71. The van der Waals surface area contributed by atoms with Crippen molar-refractivity contribution < 1.29 is 23.8 Å². The third-order valence-corrected chi connectivity index (χ3v) is 11.0. The molecule has 9 heteroatoms. The van der Waals surface area contributed by atoms with Crippen molar-refractivity contribution >= 4 is 27.9 Å². The van der Waals surface area contributed by atoms with Gasteiger partial charge >= 0.3 is 11.9 Å². The summed E-state index contributed by atoms with van der Waals surface area (Å²) in [6.07, 6.45) is 10.5. The zero-order valence-corrected chi connectivity index (χ0v) is 27.1. The highest BCUT2D eigenvalue weighted by Crippen LogP contribution is 2.62. The molecule has 0 unspecified atom stereocenters. The number of carbonyl (C=O) groups is 2. The van der Waals surface area contributed by atoms with Gasteiger partial charge in [0.1, 0.15) is 17.9 Å². The molecule has 1 aromatic heterocycles. The highest BCUT2D eigenvalue weighted by Gasteiger charge is 2.65. The number of hydrogen-bond acceptors (Lipinski definition) is 8. The van der Waals surface area contributed by atoms with Gasteiger partial charge < -0.3 is 19.1 Å². The minimum Gasteiger partial charge on any atom is -0.481 e. The van der Waals surface area contributed by atoms with Gasteiger partial charge in [0.25, 0.3) is 0 Å². The Morgan fingerprint density at radius 3 is 2.71 bits per heavy atom. The van der Waals surface area contributed by atoms with Crippen LogP contribution in [-0.4, -0.2) is 53.7 Å². The number of esters is 2. The summed E-state index contributed by atoms with van der Waals surface area (Å²) in [4.78, 5) is 29.7. The van der Waals surface area contributed by atoms with Gasteiger partial charge in [0.05, 0.1) is 0 Å². The van der Waals surface area contributed by atoms with Crippen molar-refractivity contribution in [2.45, 2.75) is 69.6 Å². The van der Waals surface area contributed by atoms with Crippen molar-refractivity contribution in [1.29, 1.82) is 5.26 Å². The van der Waals surface area contributed by atoms with Gasteiger partial charge in [-0.05, 0) is 114 Å². The Morgan fingerprint density at radius 1 is 1.11 bits per heavy atom. The summed E-state index contributed by atoms with van der Waals surface area (Å²) in [6.45, 7) is 3.77. The molecule has 3 aliphatic carbocycles. The largest absolute Gasteiger partial charge is 0.481 e. The van der Waals surface area contributed by atoms with E-state index in [1.807, 2.05) is 24.3 Å². The molecule has 45 heavy (non-hydrogen) atoms. The Balaban J connectivity index is 0.000000157. The zero-order valence-electron chi connectivity index (χ0n) is 25.5. The van der Waals surface area contributed by atoms with E-state index in [1.165, 1.54) is 47.9 Å². The number of rotatable bonds is 3. The van der Waals surface area contributed by atoms with E-state index in [4.69, 9.17) is 19.5 Å². The van der Waals surface area contributed by atoms with Crippen molar-refractivity contribution in [3.8, 4) is 28.7 Å². The average molecular weight is 669 g/mol. The normalized spacial score (nSPS) is 26.4. The number of likely N-dealkylation sites (N-methyl/N-ethyl adjacent to an activating group) is 1. The number of likely N-dealkylation sites (tertiary alicyclic amines) is 1. The zero-order chi connectivity index (χ0) is 31.5. The third-order valence-electron chi connectivity index (χ3n) is 10.1. The maximum atomic E-state index is 11.7. The van der Waals surface area contributed by atoms with Crippen LogP contribution in [0.4, 0.5) is 0 Å². The summed E-state index contributed by atoms with van der Waals surface area (Å²) in [5.41, 5.74) is 7.67. The van der Waals surface area contributed by atoms with Crippen molar-refractivity contribution in [2.24, 2.45) is 5.92 Å². The Bertz CT molecular complexity index is 1800. The van der Waals surface area contributed by atoms with Gasteiger partial charge in [0.15, 0.2) is 17.6 Å². The quantitative estimate of drug-likeness (QED) is 0.195. The predicted octanol–water partition coefficient (Wildman–Crippen LogP) is 5.86. The van der Waals surface area contributed by atoms with Gasteiger partial charge in [-0.15, -0.1) is 0 Å². The molecule has 0 amide bonds. The number of benzene rings is 2. The number of aromatic nitrogens is 1. The molecule has 230 valence electrons. The maximum absolute atomic E-state index is 11.7. The van der Waals surface area contributed by atoms with Crippen LogP contribution < -0.4 is 9.47 Å². The molecule has 8 rings (SSSR count). The van der Waals surface area contributed by atoms with Crippen molar-refractivity contribution in [2.75, 3.05) is 13.6 Å². The van der Waals surface area contributed by atoms with E-state index >= 15 is 0 Å². The maximum Gasteiger partial charge on any atom is 0.308 e. The fourth-order valence-electron chi connectivity index (χ4n) is 8.24. The van der Waals surface area contributed by atoms with Crippen LogP contribution >= 0.6 is 15.9 Å². The molecule has 5 aliphatic rings. The highest BCUT2D eigenvalue weighted by atomic mass is 79.9. The summed E-state index contributed by atoms with van der Waals surface area (Å²) in [5.74, 6) is 0.712. The van der Waals surface area contributed by atoms with E-state index in [2.05, 4.69) is 63.2 Å². The standard InChI is InChI=1S/C21H23NO5.C15H11BrN2/c1-11(23)25-16-6-4-13-10-15-14-5-7-17(26-12(2)24)20-21(14,8-9-22(15)3)18(13)19(16)27-20;16-15-13-3-1-2-10(13)4-5-14(15)11-6-7-18-12(8-11)9-17/h4-7,14-15,17,20H,8-10H2,1-3H3;4-8H,1-3H2/t14-,15+,17-,20-,21-;/m0./s1. The van der Waals surface area contributed by atoms with Crippen LogP contribution in [0.25, 0.3) is 11.1 Å². The molecular formula is C36H34BrN3O5. The molecule has 5 atom stereocenters. The summed E-state index contributed by atoms with van der Waals surface area (Å²) in [7, 11) is 2.17. The molecule has 3 aromatic rings. The molecule has 0 radical (unpaired) electrons. The molecular weight excluding hydrogens is 634 g/mol. The number of halogens is 1. The molecule has 3 heterocycles. The summed E-state index contributed by atoms with van der Waals surface area (Å²) in [5, 5.41) is 8.91. The van der Waals surface area contributed by atoms with Crippen LogP contribution in [-0.2, 0) is 39.0 Å². The smallest absolute Gasteiger partial charge is 0.308 e. The molecule has 2 aromatic carbocycles. The lowest BCUT2D eigenvalue weighted by Crippen LogP contribution is -2.65. The third kappa shape index (κ3) is 4.86. The molecule has 2 bridgehead atoms. The van der Waals surface area contributed by atoms with E-state index in [-0.39, 0.29) is 29.4 Å². The molecule has 0 N–H and O–H groups in total. The second-order valence-electron chi connectivity index (χ2n) is 12.5. The van der Waals surface area contributed by atoms with Crippen LogP contribution in [0.2, 0.25) is 0 Å². The van der Waals surface area contributed by atoms with E-state index in [0.29, 0.717) is 23.2 Å². The molecule has 0 saturated carbocycles. The van der Waals surface area contributed by atoms with Gasteiger partial charge in [0.2, 0.25) is 0 Å². The second-order valence-corrected chi connectivity index (χ2v) is 13.3. The van der Waals surface area contributed by atoms with E-state index in [1.54, 1.807) is 6.20 Å². The van der Waals surface area contributed by atoms with Crippen LogP contribution in [0.1, 0.15) is 54.6 Å². The van der Waals surface area contributed by atoms with Gasteiger partial charge in [-0.2, -0.15) is 5.26 Å². The number of fused-ring (bicyclic) bond motifs is 1. The van der Waals surface area contributed by atoms with Gasteiger partial charge in [0, 0.05) is 47.5 Å². The van der Waals surface area contributed by atoms with Crippen LogP contribution in [0.15, 0.2) is 59.2 Å². The number of pyridine rings is 1. The first-order valence-electron chi connectivity index (χ1n) is 15.4. The molecule has 1 spiro atoms. The number of ether oxygens (including phenoxy) is 3. The first-order valence-corrected chi connectivity index (χ1v) is 16.2. The minimum absolute atomic E-state index is 0.245. The van der Waals surface area contributed by atoms with Gasteiger partial charge in [-0.1, -0.05) is 24.3 Å². The predicted molar refractivity (Wildman–Crippen MR) is 171 cm³/mol. The fraction of sp³-hybridized carbons (Fsp3) is 0.389. The monoisotopic (exact) mass is 667 g/mol.